The molecule has 1 fully saturated rings. The maximum Gasteiger partial charge on any atom is 0.326 e. The maximum absolute atomic E-state index is 12.4. The van der Waals surface area contributed by atoms with E-state index in [0.717, 1.165) is 18.4 Å². The highest BCUT2D eigenvalue weighted by atomic mass is 16.5. The summed E-state index contributed by atoms with van der Waals surface area (Å²) in [5, 5.41) is 11.8. The summed E-state index contributed by atoms with van der Waals surface area (Å²) in [4.78, 5) is 23.7. The first-order chi connectivity index (χ1) is 9.99. The van der Waals surface area contributed by atoms with Crippen LogP contribution in [0.3, 0.4) is 0 Å². The second-order valence-electron chi connectivity index (χ2n) is 5.96. The molecule has 1 heterocycles. The molecule has 3 unspecified atom stereocenters. The Kier molecular flexibility index (Phi) is 3.35. The summed E-state index contributed by atoms with van der Waals surface area (Å²) < 4.78 is 5.78. The van der Waals surface area contributed by atoms with Crippen molar-refractivity contribution >= 4 is 11.9 Å². The molecule has 3 rings (SSSR count). The van der Waals surface area contributed by atoms with Crippen molar-refractivity contribution in [2.24, 2.45) is 5.92 Å². The molecule has 2 aliphatic rings. The van der Waals surface area contributed by atoms with Gasteiger partial charge in [0.2, 0.25) is 0 Å². The van der Waals surface area contributed by atoms with Crippen molar-refractivity contribution in [3.63, 3.8) is 0 Å². The minimum Gasteiger partial charge on any atom is -0.489 e. The zero-order valence-electron chi connectivity index (χ0n) is 12.1. The molecule has 112 valence electrons. The molecule has 1 aromatic carbocycles. The number of amides is 1. The Hall–Kier alpha value is -2.04. The molecule has 0 bridgehead atoms. The average molecular weight is 289 g/mol. The lowest BCUT2D eigenvalue weighted by Gasteiger charge is -2.15. The molecule has 0 spiro atoms. The van der Waals surface area contributed by atoms with Crippen LogP contribution in [-0.2, 0) is 4.79 Å². The van der Waals surface area contributed by atoms with Gasteiger partial charge in [-0.15, -0.1) is 0 Å². The molecule has 0 saturated heterocycles. The van der Waals surface area contributed by atoms with Crippen LogP contribution in [0, 0.1) is 5.92 Å². The van der Waals surface area contributed by atoms with E-state index >= 15 is 0 Å². The fourth-order valence-electron chi connectivity index (χ4n) is 2.79. The lowest BCUT2D eigenvalue weighted by atomic mass is 9.96. The van der Waals surface area contributed by atoms with Gasteiger partial charge in [-0.05, 0) is 31.7 Å². The van der Waals surface area contributed by atoms with E-state index in [1.807, 2.05) is 19.1 Å². The van der Waals surface area contributed by atoms with Crippen LogP contribution >= 0.6 is 0 Å². The summed E-state index contributed by atoms with van der Waals surface area (Å²) in [6, 6.07) is 4.66. The zero-order chi connectivity index (χ0) is 15.1. The lowest BCUT2D eigenvalue weighted by Crippen LogP contribution is -2.42. The Balaban J connectivity index is 1.84. The van der Waals surface area contributed by atoms with Gasteiger partial charge in [-0.1, -0.05) is 19.1 Å². The number of hydrogen-bond donors (Lipinski definition) is 2. The van der Waals surface area contributed by atoms with Gasteiger partial charge >= 0.3 is 5.97 Å². The molecular weight excluding hydrogens is 270 g/mol. The van der Waals surface area contributed by atoms with Crippen LogP contribution in [0.4, 0.5) is 0 Å². The molecule has 1 saturated carbocycles. The summed E-state index contributed by atoms with van der Waals surface area (Å²) >= 11 is 0. The van der Waals surface area contributed by atoms with E-state index in [9.17, 15) is 14.7 Å². The van der Waals surface area contributed by atoms with Crippen molar-refractivity contribution in [1.29, 1.82) is 0 Å². The van der Waals surface area contributed by atoms with Gasteiger partial charge in [-0.3, -0.25) is 4.79 Å². The fraction of sp³-hybridized carbons (Fsp3) is 0.500. The minimum atomic E-state index is -0.971. The van der Waals surface area contributed by atoms with Crippen molar-refractivity contribution in [2.75, 3.05) is 0 Å². The molecule has 0 radical (unpaired) electrons. The normalized spacial score (nSPS) is 24.9. The molecule has 1 amide bonds. The fourth-order valence-corrected chi connectivity index (χ4v) is 2.79. The third kappa shape index (κ3) is 2.48. The molecule has 5 heteroatoms. The molecule has 1 aliphatic carbocycles. The van der Waals surface area contributed by atoms with E-state index in [0.29, 0.717) is 11.3 Å². The third-order valence-corrected chi connectivity index (χ3v) is 4.43. The minimum absolute atomic E-state index is 0.0210. The molecular formula is C16H19NO4. The van der Waals surface area contributed by atoms with Crippen LogP contribution in [0.1, 0.15) is 48.5 Å². The predicted octanol–water partition coefficient (Wildman–Crippen LogP) is 2.16. The highest BCUT2D eigenvalue weighted by Crippen LogP contribution is 2.40. The number of carbonyl (C=O) groups excluding carboxylic acids is 1. The number of rotatable bonds is 4. The zero-order valence-corrected chi connectivity index (χ0v) is 12.1. The van der Waals surface area contributed by atoms with Crippen molar-refractivity contribution < 1.29 is 19.4 Å². The van der Waals surface area contributed by atoms with Crippen molar-refractivity contribution in [1.82, 2.24) is 5.32 Å². The summed E-state index contributed by atoms with van der Waals surface area (Å²) in [6.45, 7) is 4.03. The van der Waals surface area contributed by atoms with Crippen molar-refractivity contribution in [2.45, 2.75) is 44.8 Å². The number of fused-ring (bicyclic) bond motifs is 1. The Morgan fingerprint density at radius 2 is 2.05 bits per heavy atom. The summed E-state index contributed by atoms with van der Waals surface area (Å²) in [7, 11) is 0. The monoisotopic (exact) mass is 289 g/mol. The van der Waals surface area contributed by atoms with Gasteiger partial charge in [-0.25, -0.2) is 4.79 Å². The van der Waals surface area contributed by atoms with Crippen molar-refractivity contribution in [3.8, 4) is 5.75 Å². The first-order valence-electron chi connectivity index (χ1n) is 7.32. The van der Waals surface area contributed by atoms with Crippen LogP contribution in [0.5, 0.6) is 5.75 Å². The highest BCUT2D eigenvalue weighted by molar-refractivity contribution is 5.99. The van der Waals surface area contributed by atoms with Crippen LogP contribution in [0.25, 0.3) is 0 Å². The number of para-hydroxylation sites is 1. The largest absolute Gasteiger partial charge is 0.489 e. The number of nitrogens with one attached hydrogen (secondary N) is 1. The van der Waals surface area contributed by atoms with Gasteiger partial charge in [0.05, 0.1) is 5.56 Å². The van der Waals surface area contributed by atoms with Crippen LogP contribution in [0.2, 0.25) is 0 Å². The number of aliphatic carboxylic acids is 1. The van der Waals surface area contributed by atoms with Gasteiger partial charge < -0.3 is 15.2 Å². The molecule has 2 N–H and O–H groups in total. The topological polar surface area (TPSA) is 75.6 Å². The summed E-state index contributed by atoms with van der Waals surface area (Å²) in [5.41, 5.74) is 1.43. The molecule has 1 aliphatic heterocycles. The Bertz CT molecular complexity index is 594. The number of carbonyl (C=O) groups is 2. The smallest absolute Gasteiger partial charge is 0.326 e. The van der Waals surface area contributed by atoms with E-state index in [4.69, 9.17) is 4.74 Å². The Morgan fingerprint density at radius 3 is 2.67 bits per heavy atom. The second-order valence-corrected chi connectivity index (χ2v) is 5.96. The molecule has 21 heavy (non-hydrogen) atoms. The SMILES string of the molecule is CC1Oc2c(C(=O)NC(C(=O)O)C3CC3)cccc2C1C. The van der Waals surface area contributed by atoms with Gasteiger partial charge in [0, 0.05) is 11.5 Å². The number of carboxylic acids is 1. The second kappa shape index (κ2) is 5.06. The predicted molar refractivity (Wildman–Crippen MR) is 76.6 cm³/mol. The lowest BCUT2D eigenvalue weighted by molar-refractivity contribution is -0.139. The van der Waals surface area contributed by atoms with E-state index in [2.05, 4.69) is 12.2 Å². The average Bonchev–Trinajstić information content (AvgIpc) is 3.23. The Morgan fingerprint density at radius 1 is 1.33 bits per heavy atom. The first kappa shape index (κ1) is 13.9. The molecule has 1 aromatic rings. The summed E-state index contributed by atoms with van der Waals surface area (Å²) in [6.07, 6.45) is 1.73. The first-order valence-corrected chi connectivity index (χ1v) is 7.32. The van der Waals surface area contributed by atoms with Crippen LogP contribution < -0.4 is 10.1 Å². The number of benzene rings is 1. The maximum atomic E-state index is 12.4. The van der Waals surface area contributed by atoms with Crippen LogP contribution in [-0.4, -0.2) is 29.1 Å². The van der Waals surface area contributed by atoms with E-state index in [1.54, 1.807) is 6.07 Å². The Labute approximate surface area is 123 Å². The van der Waals surface area contributed by atoms with Gasteiger partial charge in [-0.2, -0.15) is 0 Å². The summed E-state index contributed by atoms with van der Waals surface area (Å²) in [5.74, 6) is -0.461. The van der Waals surface area contributed by atoms with E-state index in [-0.39, 0.29) is 23.8 Å². The molecule has 0 aromatic heterocycles. The highest BCUT2D eigenvalue weighted by Gasteiger charge is 2.38. The quantitative estimate of drug-likeness (QED) is 0.890. The molecule has 5 nitrogen and oxygen atoms in total. The van der Waals surface area contributed by atoms with E-state index < -0.39 is 12.0 Å². The number of hydrogen-bond acceptors (Lipinski definition) is 3. The third-order valence-electron chi connectivity index (χ3n) is 4.43. The van der Waals surface area contributed by atoms with Gasteiger partial charge in [0.1, 0.15) is 17.9 Å². The number of ether oxygens (including phenoxy) is 1. The van der Waals surface area contributed by atoms with Gasteiger partial charge in [0.15, 0.2) is 0 Å². The van der Waals surface area contributed by atoms with E-state index in [1.165, 1.54) is 0 Å². The standard InChI is InChI=1S/C16H19NO4/c1-8-9(2)21-14-11(8)4-3-5-12(14)15(18)17-13(16(19)20)10-6-7-10/h3-5,8-10,13H,6-7H2,1-2H3,(H,17,18)(H,19,20). The molecule has 3 atom stereocenters. The van der Waals surface area contributed by atoms with Crippen molar-refractivity contribution in [3.05, 3.63) is 29.3 Å². The van der Waals surface area contributed by atoms with Crippen LogP contribution in [0.15, 0.2) is 18.2 Å². The number of carboxylic acid groups (broad SMARTS) is 1. The van der Waals surface area contributed by atoms with Gasteiger partial charge in [0.25, 0.3) is 5.91 Å².